The van der Waals surface area contributed by atoms with Crippen molar-refractivity contribution in [3.05, 3.63) is 34.9 Å². The summed E-state index contributed by atoms with van der Waals surface area (Å²) >= 11 is 5.81. The Morgan fingerprint density at radius 3 is 2.56 bits per heavy atom. The van der Waals surface area contributed by atoms with Crippen molar-refractivity contribution < 1.29 is 4.74 Å². The molecule has 0 amide bonds. The first kappa shape index (κ1) is 13.5. The summed E-state index contributed by atoms with van der Waals surface area (Å²) in [5.74, 6) is 0. The van der Waals surface area contributed by atoms with Crippen molar-refractivity contribution in [3.8, 4) is 0 Å². The van der Waals surface area contributed by atoms with Crippen LogP contribution in [-0.4, -0.2) is 26.3 Å². The quantitative estimate of drug-likeness (QED) is 0.707. The summed E-state index contributed by atoms with van der Waals surface area (Å²) in [4.78, 5) is 0. The fourth-order valence-electron chi connectivity index (χ4n) is 1.40. The minimum atomic E-state index is 0.796. The van der Waals surface area contributed by atoms with Crippen molar-refractivity contribution in [2.45, 2.75) is 19.8 Å². The van der Waals surface area contributed by atoms with Crippen LogP contribution in [0, 0.1) is 0 Å². The van der Waals surface area contributed by atoms with E-state index < -0.39 is 0 Å². The molecule has 0 atom stereocenters. The lowest BCUT2D eigenvalue weighted by atomic mass is 10.1. The molecule has 1 aromatic carbocycles. The van der Waals surface area contributed by atoms with Crippen LogP contribution in [0.1, 0.15) is 18.9 Å². The van der Waals surface area contributed by atoms with Gasteiger partial charge in [0.05, 0.1) is 6.61 Å². The fraction of sp³-hybridized carbons (Fsp3) is 0.538. The van der Waals surface area contributed by atoms with Gasteiger partial charge in [-0.25, -0.2) is 0 Å². The first-order chi connectivity index (χ1) is 7.83. The minimum Gasteiger partial charge on any atom is -0.380 e. The molecule has 0 aliphatic rings. The third kappa shape index (κ3) is 6.11. The van der Waals surface area contributed by atoms with E-state index in [1.807, 2.05) is 12.1 Å². The summed E-state index contributed by atoms with van der Waals surface area (Å²) in [7, 11) is 0. The second-order valence-electron chi connectivity index (χ2n) is 3.74. The molecule has 0 heterocycles. The van der Waals surface area contributed by atoms with Crippen LogP contribution in [-0.2, 0) is 11.2 Å². The maximum atomic E-state index is 5.81. The van der Waals surface area contributed by atoms with Gasteiger partial charge in [-0.15, -0.1) is 0 Å². The fourth-order valence-corrected chi connectivity index (χ4v) is 1.53. The number of hydrogen-bond donors (Lipinski definition) is 1. The van der Waals surface area contributed by atoms with Crippen molar-refractivity contribution in [3.63, 3.8) is 0 Å². The molecular formula is C13H20ClNO. The van der Waals surface area contributed by atoms with Gasteiger partial charge in [-0.3, -0.25) is 0 Å². The third-order valence-electron chi connectivity index (χ3n) is 2.28. The largest absolute Gasteiger partial charge is 0.380 e. The van der Waals surface area contributed by atoms with Crippen molar-refractivity contribution in [1.82, 2.24) is 5.32 Å². The Kier molecular flexibility index (Phi) is 7.23. The molecule has 3 heteroatoms. The Morgan fingerprint density at radius 1 is 1.12 bits per heavy atom. The molecule has 1 aromatic rings. The molecule has 0 aliphatic heterocycles. The van der Waals surface area contributed by atoms with Crippen LogP contribution in [0.5, 0.6) is 0 Å². The molecule has 1 rings (SSSR count). The number of rotatable bonds is 8. The van der Waals surface area contributed by atoms with Gasteiger partial charge in [0.1, 0.15) is 0 Å². The Morgan fingerprint density at radius 2 is 1.88 bits per heavy atom. The molecule has 2 nitrogen and oxygen atoms in total. The van der Waals surface area contributed by atoms with Gasteiger partial charge < -0.3 is 10.1 Å². The third-order valence-corrected chi connectivity index (χ3v) is 2.53. The Labute approximate surface area is 103 Å². The van der Waals surface area contributed by atoms with Crippen LogP contribution in [0.4, 0.5) is 0 Å². The lowest BCUT2D eigenvalue weighted by Crippen LogP contribution is -2.22. The zero-order valence-corrected chi connectivity index (χ0v) is 10.6. The molecule has 90 valence electrons. The van der Waals surface area contributed by atoms with Gasteiger partial charge in [0.25, 0.3) is 0 Å². The predicted octanol–water partition coefficient (Wildman–Crippen LogP) is 2.90. The van der Waals surface area contributed by atoms with Gasteiger partial charge in [-0.1, -0.05) is 30.7 Å². The molecule has 0 spiro atoms. The van der Waals surface area contributed by atoms with Crippen LogP contribution in [0.15, 0.2) is 24.3 Å². The molecule has 0 aliphatic carbocycles. The van der Waals surface area contributed by atoms with Gasteiger partial charge in [0, 0.05) is 18.2 Å². The monoisotopic (exact) mass is 241 g/mol. The van der Waals surface area contributed by atoms with Crippen LogP contribution >= 0.6 is 11.6 Å². The Balaban J connectivity index is 2.01. The molecule has 0 radical (unpaired) electrons. The average Bonchev–Trinajstić information content (AvgIpc) is 2.30. The van der Waals surface area contributed by atoms with Crippen molar-refractivity contribution in [1.29, 1.82) is 0 Å². The molecule has 0 fully saturated rings. The first-order valence-electron chi connectivity index (χ1n) is 5.86. The summed E-state index contributed by atoms with van der Waals surface area (Å²) < 4.78 is 5.37. The number of hydrogen-bond acceptors (Lipinski definition) is 2. The number of benzene rings is 1. The molecule has 0 saturated carbocycles. The Hall–Kier alpha value is -0.570. The van der Waals surface area contributed by atoms with Gasteiger partial charge in [0.15, 0.2) is 0 Å². The SMILES string of the molecule is CCCOCCNCCc1ccc(Cl)cc1. The Bertz CT molecular complexity index is 274. The van der Waals surface area contributed by atoms with E-state index in [9.17, 15) is 0 Å². The maximum absolute atomic E-state index is 5.81. The van der Waals surface area contributed by atoms with E-state index in [1.54, 1.807) is 0 Å². The van der Waals surface area contributed by atoms with E-state index in [0.29, 0.717) is 0 Å². The summed E-state index contributed by atoms with van der Waals surface area (Å²) in [5.41, 5.74) is 1.31. The maximum Gasteiger partial charge on any atom is 0.0590 e. The number of nitrogens with one attached hydrogen (secondary N) is 1. The highest BCUT2D eigenvalue weighted by Crippen LogP contribution is 2.09. The van der Waals surface area contributed by atoms with E-state index in [1.165, 1.54) is 5.56 Å². The van der Waals surface area contributed by atoms with E-state index in [4.69, 9.17) is 16.3 Å². The smallest absolute Gasteiger partial charge is 0.0590 e. The molecule has 1 N–H and O–H groups in total. The zero-order chi connectivity index (χ0) is 11.6. The zero-order valence-electron chi connectivity index (χ0n) is 9.84. The summed E-state index contributed by atoms with van der Waals surface area (Å²) in [6.07, 6.45) is 2.12. The highest BCUT2D eigenvalue weighted by molar-refractivity contribution is 6.30. The molecule has 0 aromatic heterocycles. The lowest BCUT2D eigenvalue weighted by molar-refractivity contribution is 0.137. The molecule has 0 saturated heterocycles. The molecule has 16 heavy (non-hydrogen) atoms. The van der Waals surface area contributed by atoms with Gasteiger partial charge >= 0.3 is 0 Å². The number of halogens is 1. The second kappa shape index (κ2) is 8.57. The number of ether oxygens (including phenoxy) is 1. The standard InChI is InChI=1S/C13H20ClNO/c1-2-10-16-11-9-15-8-7-12-3-5-13(14)6-4-12/h3-6,15H,2,7-11H2,1H3. The van der Waals surface area contributed by atoms with Crippen LogP contribution in [0.3, 0.4) is 0 Å². The van der Waals surface area contributed by atoms with E-state index in [0.717, 1.165) is 44.2 Å². The van der Waals surface area contributed by atoms with Crippen molar-refractivity contribution in [2.75, 3.05) is 26.3 Å². The summed E-state index contributed by atoms with van der Waals surface area (Å²) in [5, 5.41) is 4.15. The van der Waals surface area contributed by atoms with Gasteiger partial charge in [-0.2, -0.15) is 0 Å². The van der Waals surface area contributed by atoms with Crippen molar-refractivity contribution >= 4 is 11.6 Å². The molecule has 0 unspecified atom stereocenters. The van der Waals surface area contributed by atoms with Crippen LogP contribution in [0.2, 0.25) is 5.02 Å². The first-order valence-corrected chi connectivity index (χ1v) is 6.23. The minimum absolute atomic E-state index is 0.796. The van der Waals surface area contributed by atoms with Crippen molar-refractivity contribution in [2.24, 2.45) is 0 Å². The summed E-state index contributed by atoms with van der Waals surface area (Å²) in [6.45, 7) is 5.69. The summed E-state index contributed by atoms with van der Waals surface area (Å²) in [6, 6.07) is 8.00. The highest BCUT2D eigenvalue weighted by Gasteiger charge is 1.93. The molecular weight excluding hydrogens is 222 g/mol. The molecule has 0 bridgehead atoms. The van der Waals surface area contributed by atoms with Gasteiger partial charge in [-0.05, 0) is 37.1 Å². The second-order valence-corrected chi connectivity index (χ2v) is 4.18. The van der Waals surface area contributed by atoms with E-state index in [-0.39, 0.29) is 0 Å². The topological polar surface area (TPSA) is 21.3 Å². The normalized spacial score (nSPS) is 10.6. The van der Waals surface area contributed by atoms with E-state index in [2.05, 4.69) is 24.4 Å². The average molecular weight is 242 g/mol. The highest BCUT2D eigenvalue weighted by atomic mass is 35.5. The predicted molar refractivity (Wildman–Crippen MR) is 69.1 cm³/mol. The van der Waals surface area contributed by atoms with Crippen LogP contribution in [0.25, 0.3) is 0 Å². The lowest BCUT2D eigenvalue weighted by Gasteiger charge is -2.05. The van der Waals surface area contributed by atoms with Gasteiger partial charge in [0.2, 0.25) is 0 Å². The van der Waals surface area contributed by atoms with E-state index >= 15 is 0 Å². The van der Waals surface area contributed by atoms with Crippen LogP contribution < -0.4 is 5.32 Å².